The minimum Gasteiger partial charge on any atom is -0.462 e. The number of halogens is 4. The van der Waals surface area contributed by atoms with Crippen LogP contribution in [-0.2, 0) is 25.7 Å². The van der Waals surface area contributed by atoms with Gasteiger partial charge in [0.1, 0.15) is 6.54 Å². The predicted octanol–water partition coefficient (Wildman–Crippen LogP) is 4.25. The van der Waals surface area contributed by atoms with Crippen molar-refractivity contribution in [3.63, 3.8) is 0 Å². The number of alkyl halides is 3. The molecule has 0 aliphatic rings. The molecule has 0 unspecified atom stereocenters. The van der Waals surface area contributed by atoms with E-state index in [1.54, 1.807) is 13.8 Å². The molecule has 32 heavy (non-hydrogen) atoms. The van der Waals surface area contributed by atoms with Gasteiger partial charge in [0.05, 0.1) is 34.7 Å². The first kappa shape index (κ1) is 25.5. The van der Waals surface area contributed by atoms with Gasteiger partial charge in [-0.05, 0) is 55.8 Å². The van der Waals surface area contributed by atoms with Crippen molar-refractivity contribution in [1.82, 2.24) is 0 Å². The quantitative estimate of drug-likeness (QED) is 0.583. The van der Waals surface area contributed by atoms with E-state index < -0.39 is 45.9 Å². The lowest BCUT2D eigenvalue weighted by molar-refractivity contribution is -0.137. The van der Waals surface area contributed by atoms with Crippen LogP contribution in [-0.4, -0.2) is 39.7 Å². The van der Waals surface area contributed by atoms with E-state index in [0.29, 0.717) is 22.0 Å². The number of rotatable bonds is 7. The number of aryl methyl sites for hydroxylation is 1. The van der Waals surface area contributed by atoms with Gasteiger partial charge in [-0.15, -0.1) is 0 Å². The number of ether oxygens (including phenoxy) is 1. The van der Waals surface area contributed by atoms with Crippen LogP contribution in [0, 0.1) is 6.92 Å². The van der Waals surface area contributed by atoms with E-state index in [9.17, 15) is 31.2 Å². The Morgan fingerprint density at radius 3 is 2.34 bits per heavy atom. The normalized spacial score (nSPS) is 11.7. The fourth-order valence-corrected chi connectivity index (χ4v) is 3.86. The van der Waals surface area contributed by atoms with Crippen LogP contribution in [0.15, 0.2) is 36.4 Å². The van der Waals surface area contributed by atoms with E-state index >= 15 is 0 Å². The minimum atomic E-state index is -4.73. The summed E-state index contributed by atoms with van der Waals surface area (Å²) >= 11 is 5.94. The van der Waals surface area contributed by atoms with Crippen LogP contribution in [0.25, 0.3) is 0 Å². The van der Waals surface area contributed by atoms with Gasteiger partial charge in [0.2, 0.25) is 15.9 Å². The number of nitrogens with zero attached hydrogens (tertiary/aromatic N) is 1. The zero-order valence-corrected chi connectivity index (χ0v) is 18.9. The molecule has 2 rings (SSSR count). The Morgan fingerprint density at radius 1 is 1.16 bits per heavy atom. The standard InChI is InChI=1S/C20H20ClF3N2O5S/c1-4-31-19(28)13-5-8-16(12(2)9-13)25-18(27)11-26(32(3,29)30)17-10-14(20(22,23)24)6-7-15(17)21/h5-10H,4,11H2,1-3H3,(H,25,27). The monoisotopic (exact) mass is 492 g/mol. The summed E-state index contributed by atoms with van der Waals surface area (Å²) in [7, 11) is -4.16. The maximum Gasteiger partial charge on any atom is 0.416 e. The van der Waals surface area contributed by atoms with Gasteiger partial charge < -0.3 is 10.1 Å². The lowest BCUT2D eigenvalue weighted by Crippen LogP contribution is -2.37. The maximum atomic E-state index is 13.1. The van der Waals surface area contributed by atoms with Crippen LogP contribution in [0.1, 0.15) is 28.4 Å². The molecule has 2 aromatic rings. The first-order valence-electron chi connectivity index (χ1n) is 9.16. The third-order valence-electron chi connectivity index (χ3n) is 4.24. The molecule has 0 heterocycles. The smallest absolute Gasteiger partial charge is 0.416 e. The van der Waals surface area contributed by atoms with E-state index in [4.69, 9.17) is 16.3 Å². The highest BCUT2D eigenvalue weighted by Crippen LogP contribution is 2.36. The summed E-state index contributed by atoms with van der Waals surface area (Å²) in [5, 5.41) is 2.21. The molecule has 0 saturated carbocycles. The molecule has 0 bridgehead atoms. The van der Waals surface area contributed by atoms with Crippen molar-refractivity contribution in [2.45, 2.75) is 20.0 Å². The molecular formula is C20H20ClF3N2O5S. The van der Waals surface area contributed by atoms with Crippen molar-refractivity contribution >= 4 is 44.9 Å². The summed E-state index contributed by atoms with van der Waals surface area (Å²) in [6, 6.07) is 6.51. The lowest BCUT2D eigenvalue weighted by Gasteiger charge is -2.24. The SMILES string of the molecule is CCOC(=O)c1ccc(NC(=O)CN(c2cc(C(F)(F)F)ccc2Cl)S(C)(=O)=O)c(C)c1. The topological polar surface area (TPSA) is 92.8 Å². The van der Waals surface area contributed by atoms with Gasteiger partial charge in [0.15, 0.2) is 0 Å². The molecule has 0 aliphatic heterocycles. The van der Waals surface area contributed by atoms with Crippen molar-refractivity contribution in [3.05, 3.63) is 58.1 Å². The summed E-state index contributed by atoms with van der Waals surface area (Å²) in [6.45, 7) is 2.63. The summed E-state index contributed by atoms with van der Waals surface area (Å²) in [5.41, 5.74) is -0.556. The molecule has 0 radical (unpaired) electrons. The van der Waals surface area contributed by atoms with Crippen LogP contribution in [0.3, 0.4) is 0 Å². The first-order valence-corrected chi connectivity index (χ1v) is 11.4. The van der Waals surface area contributed by atoms with Gasteiger partial charge in [0, 0.05) is 5.69 Å². The molecule has 1 N–H and O–H groups in total. The molecule has 174 valence electrons. The Balaban J connectivity index is 2.30. The van der Waals surface area contributed by atoms with Crippen molar-refractivity contribution in [1.29, 1.82) is 0 Å². The Morgan fingerprint density at radius 2 is 1.81 bits per heavy atom. The molecule has 0 fully saturated rings. The van der Waals surface area contributed by atoms with Crippen molar-refractivity contribution in [2.24, 2.45) is 0 Å². The van der Waals surface area contributed by atoms with Crippen LogP contribution in [0.5, 0.6) is 0 Å². The molecule has 1 amide bonds. The van der Waals surface area contributed by atoms with E-state index in [0.717, 1.165) is 12.3 Å². The summed E-state index contributed by atoms with van der Waals surface area (Å²) in [6.07, 6.45) is -3.99. The summed E-state index contributed by atoms with van der Waals surface area (Å²) in [4.78, 5) is 24.3. The number of nitrogens with one attached hydrogen (secondary N) is 1. The molecular weight excluding hydrogens is 473 g/mol. The van der Waals surface area contributed by atoms with Gasteiger partial charge in [-0.1, -0.05) is 11.6 Å². The van der Waals surface area contributed by atoms with Crippen LogP contribution in [0.2, 0.25) is 5.02 Å². The zero-order chi connectivity index (χ0) is 24.3. The highest BCUT2D eigenvalue weighted by atomic mass is 35.5. The van der Waals surface area contributed by atoms with Crippen molar-refractivity contribution < 1.29 is 35.9 Å². The number of carbonyl (C=O) groups is 2. The van der Waals surface area contributed by atoms with Crippen molar-refractivity contribution in [3.8, 4) is 0 Å². The number of esters is 1. The number of sulfonamides is 1. The van der Waals surface area contributed by atoms with E-state index in [1.807, 2.05) is 0 Å². The number of anilines is 2. The van der Waals surface area contributed by atoms with E-state index in [1.165, 1.54) is 18.2 Å². The lowest BCUT2D eigenvalue weighted by atomic mass is 10.1. The summed E-state index contributed by atoms with van der Waals surface area (Å²) < 4.78 is 69.1. The minimum absolute atomic E-state index is 0.190. The average molecular weight is 493 g/mol. The third kappa shape index (κ3) is 6.36. The van der Waals surface area contributed by atoms with Gasteiger partial charge in [-0.2, -0.15) is 13.2 Å². The van der Waals surface area contributed by atoms with Crippen LogP contribution in [0.4, 0.5) is 24.5 Å². The molecule has 0 spiro atoms. The second-order valence-electron chi connectivity index (χ2n) is 6.73. The first-order chi connectivity index (χ1) is 14.7. The second kappa shape index (κ2) is 9.78. The Bertz CT molecular complexity index is 1140. The van der Waals surface area contributed by atoms with Crippen molar-refractivity contribution in [2.75, 3.05) is 29.0 Å². The molecule has 2 aromatic carbocycles. The fraction of sp³-hybridized carbons (Fsp3) is 0.300. The summed E-state index contributed by atoms with van der Waals surface area (Å²) in [5.74, 6) is -1.37. The van der Waals surface area contributed by atoms with Gasteiger partial charge >= 0.3 is 12.1 Å². The predicted molar refractivity (Wildman–Crippen MR) is 114 cm³/mol. The molecule has 0 aromatic heterocycles. The Kier molecular flexibility index (Phi) is 7.79. The second-order valence-corrected chi connectivity index (χ2v) is 9.05. The number of amides is 1. The molecule has 0 aliphatic carbocycles. The van der Waals surface area contributed by atoms with E-state index in [2.05, 4.69) is 5.32 Å². The average Bonchev–Trinajstić information content (AvgIpc) is 2.66. The van der Waals surface area contributed by atoms with Crippen LogP contribution < -0.4 is 9.62 Å². The van der Waals surface area contributed by atoms with Crippen LogP contribution >= 0.6 is 11.6 Å². The highest BCUT2D eigenvalue weighted by Gasteiger charge is 2.33. The Labute approximate surface area is 188 Å². The number of benzene rings is 2. The molecule has 12 heteroatoms. The molecule has 0 saturated heterocycles. The Hall–Kier alpha value is -2.79. The molecule has 0 atom stereocenters. The maximum absolute atomic E-state index is 13.1. The highest BCUT2D eigenvalue weighted by molar-refractivity contribution is 7.92. The van der Waals surface area contributed by atoms with Gasteiger partial charge in [-0.3, -0.25) is 9.10 Å². The number of hydrogen-bond acceptors (Lipinski definition) is 5. The van der Waals surface area contributed by atoms with E-state index in [-0.39, 0.29) is 22.9 Å². The number of hydrogen-bond donors (Lipinski definition) is 1. The molecule has 7 nitrogen and oxygen atoms in total. The fourth-order valence-electron chi connectivity index (χ4n) is 2.73. The number of carbonyl (C=O) groups excluding carboxylic acids is 2. The largest absolute Gasteiger partial charge is 0.462 e. The zero-order valence-electron chi connectivity index (χ0n) is 17.3. The van der Waals surface area contributed by atoms with Gasteiger partial charge in [-0.25, -0.2) is 13.2 Å². The van der Waals surface area contributed by atoms with Gasteiger partial charge in [0.25, 0.3) is 0 Å². The third-order valence-corrected chi connectivity index (χ3v) is 5.69.